The zero-order valence-electron chi connectivity index (χ0n) is 9.96. The monoisotopic (exact) mass is 212 g/mol. The molecule has 1 rings (SSSR count). The van der Waals surface area contributed by atoms with Gasteiger partial charge >= 0.3 is 0 Å². The molecule has 0 aromatic heterocycles. The zero-order chi connectivity index (χ0) is 11.3. The molecular weight excluding hydrogens is 188 g/mol. The Hall–Kier alpha value is -0.570. The Labute approximate surface area is 92.8 Å². The summed E-state index contributed by atoms with van der Waals surface area (Å²) in [5.74, 6) is 0.958. The third kappa shape index (κ3) is 4.65. The molecule has 88 valence electrons. The normalized spacial score (nSPS) is 28.5. The second kappa shape index (κ2) is 6.11. The van der Waals surface area contributed by atoms with Crippen molar-refractivity contribution in [1.82, 2.24) is 5.32 Å². The molecule has 0 aromatic carbocycles. The molecule has 1 fully saturated rings. The first-order chi connectivity index (χ1) is 7.11. The highest BCUT2D eigenvalue weighted by atomic mass is 16.1. The van der Waals surface area contributed by atoms with E-state index in [9.17, 15) is 4.79 Å². The summed E-state index contributed by atoms with van der Waals surface area (Å²) in [5, 5.41) is 3.09. The number of hydrogen-bond acceptors (Lipinski definition) is 2. The standard InChI is InChI=1S/C12H24N2O/c1-3-10(13)8-12(15)14-11-6-4-9(2)5-7-11/h9-11H,3-8,13H2,1-2H3,(H,14,15). The van der Waals surface area contributed by atoms with E-state index in [1.807, 2.05) is 6.92 Å². The topological polar surface area (TPSA) is 55.1 Å². The van der Waals surface area contributed by atoms with Gasteiger partial charge < -0.3 is 11.1 Å². The van der Waals surface area contributed by atoms with E-state index in [4.69, 9.17) is 5.73 Å². The summed E-state index contributed by atoms with van der Waals surface area (Å²) in [5.41, 5.74) is 5.74. The average molecular weight is 212 g/mol. The number of nitrogens with one attached hydrogen (secondary N) is 1. The van der Waals surface area contributed by atoms with E-state index < -0.39 is 0 Å². The average Bonchev–Trinajstić information content (AvgIpc) is 2.21. The van der Waals surface area contributed by atoms with Crippen LogP contribution in [0.3, 0.4) is 0 Å². The third-order valence-electron chi connectivity index (χ3n) is 3.35. The van der Waals surface area contributed by atoms with E-state index in [2.05, 4.69) is 12.2 Å². The minimum atomic E-state index is 0.0208. The van der Waals surface area contributed by atoms with Crippen molar-refractivity contribution in [2.75, 3.05) is 0 Å². The maximum Gasteiger partial charge on any atom is 0.221 e. The zero-order valence-corrected chi connectivity index (χ0v) is 9.96. The van der Waals surface area contributed by atoms with Gasteiger partial charge in [-0.3, -0.25) is 4.79 Å². The Balaban J connectivity index is 2.20. The second-order valence-corrected chi connectivity index (χ2v) is 4.90. The Morgan fingerprint density at radius 3 is 2.53 bits per heavy atom. The lowest BCUT2D eigenvalue weighted by Gasteiger charge is -2.27. The maximum absolute atomic E-state index is 11.6. The quantitative estimate of drug-likeness (QED) is 0.746. The predicted octanol–water partition coefficient (Wildman–Crippen LogP) is 1.81. The van der Waals surface area contributed by atoms with Crippen molar-refractivity contribution in [2.45, 2.75) is 64.5 Å². The van der Waals surface area contributed by atoms with E-state index in [0.29, 0.717) is 12.5 Å². The first kappa shape index (κ1) is 12.5. The minimum Gasteiger partial charge on any atom is -0.353 e. The van der Waals surface area contributed by atoms with Crippen LogP contribution in [0.15, 0.2) is 0 Å². The lowest BCUT2D eigenvalue weighted by atomic mass is 9.87. The van der Waals surface area contributed by atoms with Crippen LogP contribution in [-0.4, -0.2) is 18.0 Å². The Morgan fingerprint density at radius 1 is 1.40 bits per heavy atom. The number of amides is 1. The molecule has 0 saturated heterocycles. The molecule has 1 atom stereocenters. The molecule has 1 aliphatic rings. The molecule has 1 saturated carbocycles. The van der Waals surface area contributed by atoms with Gasteiger partial charge in [0.25, 0.3) is 0 Å². The maximum atomic E-state index is 11.6. The third-order valence-corrected chi connectivity index (χ3v) is 3.35. The summed E-state index contributed by atoms with van der Waals surface area (Å²) in [7, 11) is 0. The van der Waals surface area contributed by atoms with Crippen molar-refractivity contribution in [3.05, 3.63) is 0 Å². The number of rotatable bonds is 4. The van der Waals surface area contributed by atoms with E-state index in [1.165, 1.54) is 12.8 Å². The van der Waals surface area contributed by atoms with Crippen molar-refractivity contribution in [3.63, 3.8) is 0 Å². The number of carbonyl (C=O) groups excluding carboxylic acids is 1. The highest BCUT2D eigenvalue weighted by Crippen LogP contribution is 2.23. The number of nitrogens with two attached hydrogens (primary N) is 1. The minimum absolute atomic E-state index is 0.0208. The van der Waals surface area contributed by atoms with Crippen LogP contribution in [0.2, 0.25) is 0 Å². The molecule has 3 nitrogen and oxygen atoms in total. The van der Waals surface area contributed by atoms with E-state index >= 15 is 0 Å². The molecule has 1 unspecified atom stereocenters. The number of carbonyl (C=O) groups is 1. The lowest BCUT2D eigenvalue weighted by molar-refractivity contribution is -0.122. The van der Waals surface area contributed by atoms with Crippen molar-refractivity contribution in [3.8, 4) is 0 Å². The fraction of sp³-hybridized carbons (Fsp3) is 0.917. The largest absolute Gasteiger partial charge is 0.353 e. The fourth-order valence-electron chi connectivity index (χ4n) is 2.07. The van der Waals surface area contributed by atoms with Crippen molar-refractivity contribution >= 4 is 5.91 Å². The Kier molecular flexibility index (Phi) is 5.09. The van der Waals surface area contributed by atoms with E-state index in [0.717, 1.165) is 25.2 Å². The van der Waals surface area contributed by atoms with Gasteiger partial charge in [0.1, 0.15) is 0 Å². The molecule has 15 heavy (non-hydrogen) atoms. The Morgan fingerprint density at radius 2 is 2.00 bits per heavy atom. The SMILES string of the molecule is CCC(N)CC(=O)NC1CCC(C)CC1. The summed E-state index contributed by atoms with van der Waals surface area (Å²) < 4.78 is 0. The van der Waals surface area contributed by atoms with Crippen LogP contribution in [0.5, 0.6) is 0 Å². The van der Waals surface area contributed by atoms with Gasteiger partial charge in [0.2, 0.25) is 5.91 Å². The van der Waals surface area contributed by atoms with Crippen molar-refractivity contribution < 1.29 is 4.79 Å². The first-order valence-electron chi connectivity index (χ1n) is 6.16. The van der Waals surface area contributed by atoms with Crippen molar-refractivity contribution in [1.29, 1.82) is 0 Å². The first-order valence-corrected chi connectivity index (χ1v) is 6.16. The van der Waals surface area contributed by atoms with Gasteiger partial charge in [0, 0.05) is 18.5 Å². The summed E-state index contributed by atoms with van der Waals surface area (Å²) in [6.07, 6.45) is 6.09. The molecule has 1 amide bonds. The highest BCUT2D eigenvalue weighted by Gasteiger charge is 2.20. The predicted molar refractivity (Wildman–Crippen MR) is 62.4 cm³/mol. The summed E-state index contributed by atoms with van der Waals surface area (Å²) in [6, 6.07) is 0.422. The molecular formula is C12H24N2O. The van der Waals surface area contributed by atoms with Crippen LogP contribution in [0.1, 0.15) is 52.4 Å². The van der Waals surface area contributed by atoms with Crippen LogP contribution >= 0.6 is 0 Å². The molecule has 3 N–H and O–H groups in total. The van der Waals surface area contributed by atoms with Crippen LogP contribution in [0.25, 0.3) is 0 Å². The molecule has 0 heterocycles. The number of hydrogen-bond donors (Lipinski definition) is 2. The van der Waals surface area contributed by atoms with Crippen LogP contribution in [0.4, 0.5) is 0 Å². The molecule has 0 radical (unpaired) electrons. The van der Waals surface area contributed by atoms with Crippen LogP contribution < -0.4 is 11.1 Å². The highest BCUT2D eigenvalue weighted by molar-refractivity contribution is 5.76. The summed E-state index contributed by atoms with van der Waals surface area (Å²) >= 11 is 0. The van der Waals surface area contributed by atoms with Crippen LogP contribution in [-0.2, 0) is 4.79 Å². The van der Waals surface area contributed by atoms with Gasteiger partial charge in [-0.2, -0.15) is 0 Å². The van der Waals surface area contributed by atoms with Gasteiger partial charge in [-0.1, -0.05) is 13.8 Å². The molecule has 1 aliphatic carbocycles. The van der Waals surface area contributed by atoms with Gasteiger partial charge in [-0.25, -0.2) is 0 Å². The summed E-state index contributed by atoms with van der Waals surface area (Å²) in [6.45, 7) is 4.30. The van der Waals surface area contributed by atoms with E-state index in [-0.39, 0.29) is 11.9 Å². The smallest absolute Gasteiger partial charge is 0.221 e. The molecule has 0 spiro atoms. The summed E-state index contributed by atoms with van der Waals surface area (Å²) in [4.78, 5) is 11.6. The van der Waals surface area contributed by atoms with E-state index in [1.54, 1.807) is 0 Å². The second-order valence-electron chi connectivity index (χ2n) is 4.90. The van der Waals surface area contributed by atoms with Gasteiger partial charge in [-0.05, 0) is 38.0 Å². The molecule has 0 aliphatic heterocycles. The molecule has 0 bridgehead atoms. The lowest BCUT2D eigenvalue weighted by Crippen LogP contribution is -2.39. The van der Waals surface area contributed by atoms with Gasteiger partial charge in [0.15, 0.2) is 0 Å². The van der Waals surface area contributed by atoms with Crippen LogP contribution in [0, 0.1) is 5.92 Å². The molecule has 3 heteroatoms. The molecule has 0 aromatic rings. The van der Waals surface area contributed by atoms with Gasteiger partial charge in [-0.15, -0.1) is 0 Å². The van der Waals surface area contributed by atoms with Crippen molar-refractivity contribution in [2.24, 2.45) is 11.7 Å². The van der Waals surface area contributed by atoms with Gasteiger partial charge in [0.05, 0.1) is 0 Å². The Bertz CT molecular complexity index is 198. The fourth-order valence-corrected chi connectivity index (χ4v) is 2.07.